The monoisotopic (exact) mass is 212 g/mol. The zero-order valence-corrected chi connectivity index (χ0v) is 8.51. The number of hydrogen-bond donors (Lipinski definition) is 2. The maximum atomic E-state index is 10.5. The number of aromatic carboxylic acids is 1. The summed E-state index contributed by atoms with van der Waals surface area (Å²) < 4.78 is 0. The van der Waals surface area contributed by atoms with Crippen LogP contribution in [0.25, 0.3) is 0 Å². The van der Waals surface area contributed by atoms with Crippen LogP contribution >= 0.6 is 11.3 Å². The summed E-state index contributed by atoms with van der Waals surface area (Å²) in [5.41, 5.74) is 0.131. The second-order valence-corrected chi connectivity index (χ2v) is 4.38. The molecule has 1 aromatic heterocycles. The van der Waals surface area contributed by atoms with Gasteiger partial charge in [-0.1, -0.05) is 6.42 Å². The molecule has 0 aliphatic heterocycles. The topological polar surface area (TPSA) is 62.2 Å². The van der Waals surface area contributed by atoms with Crippen molar-refractivity contribution in [1.29, 1.82) is 0 Å². The Morgan fingerprint density at radius 2 is 2.50 bits per heavy atom. The molecule has 2 rings (SSSR count). The van der Waals surface area contributed by atoms with Crippen LogP contribution < -0.4 is 5.32 Å². The number of carboxylic acids is 1. The zero-order valence-electron chi connectivity index (χ0n) is 7.69. The number of hydrogen-bond acceptors (Lipinski definition) is 4. The average molecular weight is 212 g/mol. The Kier molecular flexibility index (Phi) is 2.67. The molecule has 2 N–H and O–H groups in total. The molecular formula is C9H12N2O2S. The van der Waals surface area contributed by atoms with Gasteiger partial charge in [0, 0.05) is 11.9 Å². The fourth-order valence-corrected chi connectivity index (χ4v) is 2.08. The lowest BCUT2D eigenvalue weighted by Gasteiger charge is -2.25. The van der Waals surface area contributed by atoms with Crippen LogP contribution in [0.5, 0.6) is 0 Å². The first-order chi connectivity index (χ1) is 6.75. The van der Waals surface area contributed by atoms with Gasteiger partial charge in [-0.05, 0) is 18.8 Å². The summed E-state index contributed by atoms with van der Waals surface area (Å²) in [6.07, 6.45) is 3.89. The van der Waals surface area contributed by atoms with Crippen molar-refractivity contribution in [2.24, 2.45) is 5.92 Å². The van der Waals surface area contributed by atoms with E-state index in [1.54, 1.807) is 5.38 Å². The van der Waals surface area contributed by atoms with Gasteiger partial charge in [-0.2, -0.15) is 0 Å². The minimum absolute atomic E-state index is 0.131. The molecule has 1 saturated carbocycles. The molecule has 14 heavy (non-hydrogen) atoms. The van der Waals surface area contributed by atoms with Gasteiger partial charge in [0.2, 0.25) is 0 Å². The second-order valence-electron chi connectivity index (χ2n) is 3.52. The predicted molar refractivity (Wildman–Crippen MR) is 54.9 cm³/mol. The average Bonchev–Trinajstić information content (AvgIpc) is 2.50. The van der Waals surface area contributed by atoms with Crippen molar-refractivity contribution in [2.75, 3.05) is 11.9 Å². The van der Waals surface area contributed by atoms with Crippen LogP contribution in [-0.2, 0) is 0 Å². The molecule has 1 heterocycles. The van der Waals surface area contributed by atoms with Crippen molar-refractivity contribution in [3.63, 3.8) is 0 Å². The molecule has 0 aromatic carbocycles. The number of nitrogens with zero attached hydrogens (tertiary/aromatic N) is 1. The Morgan fingerprint density at radius 1 is 1.71 bits per heavy atom. The fraction of sp³-hybridized carbons (Fsp3) is 0.556. The minimum Gasteiger partial charge on any atom is -0.476 e. The van der Waals surface area contributed by atoms with Gasteiger partial charge in [-0.3, -0.25) is 0 Å². The normalized spacial score (nSPS) is 16.3. The minimum atomic E-state index is -0.960. The van der Waals surface area contributed by atoms with Gasteiger partial charge in [0.15, 0.2) is 10.8 Å². The largest absolute Gasteiger partial charge is 0.476 e. The Morgan fingerprint density at radius 3 is 3.00 bits per heavy atom. The summed E-state index contributed by atoms with van der Waals surface area (Å²) in [6.45, 7) is 0.923. The van der Waals surface area contributed by atoms with Gasteiger partial charge in [-0.25, -0.2) is 9.78 Å². The Hall–Kier alpha value is -1.10. The molecule has 0 spiro atoms. The van der Waals surface area contributed by atoms with Crippen molar-refractivity contribution < 1.29 is 9.90 Å². The lowest BCUT2D eigenvalue weighted by molar-refractivity contribution is 0.0691. The number of rotatable bonds is 4. The van der Waals surface area contributed by atoms with E-state index in [-0.39, 0.29) is 5.69 Å². The summed E-state index contributed by atoms with van der Waals surface area (Å²) in [4.78, 5) is 14.5. The molecule has 4 nitrogen and oxygen atoms in total. The molecule has 0 unspecified atom stereocenters. The fourth-order valence-electron chi connectivity index (χ4n) is 1.38. The number of nitrogens with one attached hydrogen (secondary N) is 1. The molecule has 5 heteroatoms. The molecule has 1 aliphatic carbocycles. The highest BCUT2D eigenvalue weighted by Gasteiger charge is 2.17. The highest BCUT2D eigenvalue weighted by Crippen LogP contribution is 2.27. The molecule has 1 aliphatic rings. The van der Waals surface area contributed by atoms with Crippen molar-refractivity contribution in [2.45, 2.75) is 19.3 Å². The van der Waals surface area contributed by atoms with E-state index in [1.165, 1.54) is 30.6 Å². The van der Waals surface area contributed by atoms with Gasteiger partial charge in [0.1, 0.15) is 0 Å². The highest BCUT2D eigenvalue weighted by molar-refractivity contribution is 7.13. The third-order valence-corrected chi connectivity index (χ3v) is 3.29. The molecule has 1 aromatic rings. The van der Waals surface area contributed by atoms with Gasteiger partial charge in [-0.15, -0.1) is 11.3 Å². The van der Waals surface area contributed by atoms with Crippen molar-refractivity contribution in [3.8, 4) is 0 Å². The third-order valence-electron chi connectivity index (χ3n) is 2.49. The summed E-state index contributed by atoms with van der Waals surface area (Å²) in [5, 5.41) is 14.1. The number of carbonyl (C=O) groups is 1. The first-order valence-corrected chi connectivity index (χ1v) is 5.56. The Balaban J connectivity index is 1.86. The summed E-state index contributed by atoms with van der Waals surface area (Å²) in [5.74, 6) is -0.204. The first-order valence-electron chi connectivity index (χ1n) is 4.68. The first kappa shape index (κ1) is 9.45. The summed E-state index contributed by atoms with van der Waals surface area (Å²) >= 11 is 1.35. The number of carboxylic acid groups (broad SMARTS) is 1. The van der Waals surface area contributed by atoms with Gasteiger partial charge >= 0.3 is 5.97 Å². The number of anilines is 1. The van der Waals surface area contributed by atoms with E-state index >= 15 is 0 Å². The molecule has 0 atom stereocenters. The molecule has 0 saturated heterocycles. The van der Waals surface area contributed by atoms with Crippen LogP contribution in [0.2, 0.25) is 0 Å². The van der Waals surface area contributed by atoms with Gasteiger partial charge in [0.25, 0.3) is 0 Å². The van der Waals surface area contributed by atoms with E-state index in [9.17, 15) is 4.79 Å². The van der Waals surface area contributed by atoms with E-state index in [0.717, 1.165) is 12.5 Å². The maximum absolute atomic E-state index is 10.5. The lowest BCUT2D eigenvalue weighted by atomic mass is 9.86. The molecule has 76 valence electrons. The standard InChI is InChI=1S/C9H12N2O2S/c12-8(13)7-5-14-9(11-7)10-4-6-2-1-3-6/h5-6H,1-4H2,(H,10,11)(H,12,13). The summed E-state index contributed by atoms with van der Waals surface area (Å²) in [7, 11) is 0. The van der Waals surface area contributed by atoms with Crippen molar-refractivity contribution in [3.05, 3.63) is 11.1 Å². The summed E-state index contributed by atoms with van der Waals surface area (Å²) in [6, 6.07) is 0. The van der Waals surface area contributed by atoms with Gasteiger partial charge < -0.3 is 10.4 Å². The van der Waals surface area contributed by atoms with Crippen LogP contribution in [0.3, 0.4) is 0 Å². The van der Waals surface area contributed by atoms with E-state index in [2.05, 4.69) is 10.3 Å². The molecule has 0 radical (unpaired) electrons. The smallest absolute Gasteiger partial charge is 0.355 e. The quantitative estimate of drug-likeness (QED) is 0.801. The van der Waals surface area contributed by atoms with E-state index in [1.807, 2.05) is 0 Å². The van der Waals surface area contributed by atoms with Crippen molar-refractivity contribution >= 4 is 22.4 Å². The van der Waals surface area contributed by atoms with Crippen LogP contribution in [0, 0.1) is 5.92 Å². The van der Waals surface area contributed by atoms with E-state index in [4.69, 9.17) is 5.11 Å². The highest BCUT2D eigenvalue weighted by atomic mass is 32.1. The van der Waals surface area contributed by atoms with E-state index in [0.29, 0.717) is 5.13 Å². The van der Waals surface area contributed by atoms with Crippen LogP contribution in [-0.4, -0.2) is 22.6 Å². The molecular weight excluding hydrogens is 200 g/mol. The van der Waals surface area contributed by atoms with Crippen LogP contribution in [0.4, 0.5) is 5.13 Å². The second kappa shape index (κ2) is 3.96. The molecule has 0 amide bonds. The zero-order chi connectivity index (χ0) is 9.97. The Bertz CT molecular complexity index is 333. The van der Waals surface area contributed by atoms with Crippen LogP contribution in [0.1, 0.15) is 29.8 Å². The van der Waals surface area contributed by atoms with Gasteiger partial charge in [0.05, 0.1) is 0 Å². The SMILES string of the molecule is O=C(O)c1csc(NCC2CCC2)n1. The number of thiazole rings is 1. The van der Waals surface area contributed by atoms with Crippen molar-refractivity contribution in [1.82, 2.24) is 4.98 Å². The Labute approximate surface area is 86.0 Å². The lowest BCUT2D eigenvalue weighted by Crippen LogP contribution is -2.20. The number of aromatic nitrogens is 1. The van der Waals surface area contributed by atoms with E-state index < -0.39 is 5.97 Å². The maximum Gasteiger partial charge on any atom is 0.355 e. The molecule has 1 fully saturated rings. The third kappa shape index (κ3) is 2.04. The van der Waals surface area contributed by atoms with Crippen LogP contribution in [0.15, 0.2) is 5.38 Å². The predicted octanol–water partition coefficient (Wildman–Crippen LogP) is 2.05. The molecule has 0 bridgehead atoms.